The third kappa shape index (κ3) is 11.8. The first-order chi connectivity index (χ1) is 18.5. The predicted octanol–water partition coefficient (Wildman–Crippen LogP) is 1.36. The molecule has 4 rings (SSSR count). The van der Waals surface area contributed by atoms with Gasteiger partial charge in [-0.15, -0.1) is 10.2 Å². The minimum atomic E-state index is -1.06. The van der Waals surface area contributed by atoms with E-state index >= 15 is 0 Å². The number of aryl methyl sites for hydroxylation is 2. The van der Waals surface area contributed by atoms with Gasteiger partial charge in [-0.1, -0.05) is 7.43 Å². The number of nitrogens with zero attached hydrogens (tertiary/aromatic N) is 6. The van der Waals surface area contributed by atoms with Crippen LogP contribution in [0, 0.1) is 13.8 Å². The number of phenols is 2. The Hall–Kier alpha value is -4.70. The van der Waals surface area contributed by atoms with Gasteiger partial charge in [-0.05, 0) is 75.2 Å². The fraction of sp³-hybridized carbons (Fsp3) is 0.214. The van der Waals surface area contributed by atoms with Crippen molar-refractivity contribution in [1.29, 1.82) is 0 Å². The number of hydrogen-bond acceptors (Lipinski definition) is 10. The first kappa shape index (κ1) is 37.3. The van der Waals surface area contributed by atoms with Crippen LogP contribution >= 0.6 is 0 Å². The van der Waals surface area contributed by atoms with Gasteiger partial charge in [0.05, 0.1) is 6.10 Å². The van der Waals surface area contributed by atoms with Crippen molar-refractivity contribution >= 4 is 24.3 Å². The molecule has 0 aliphatic carbocycles. The number of carboxylic acid groups (broad SMARTS) is 1. The van der Waals surface area contributed by atoms with Gasteiger partial charge in [0.1, 0.15) is 24.2 Å². The van der Waals surface area contributed by atoms with Crippen LogP contribution in [0.15, 0.2) is 61.2 Å². The monoisotopic (exact) mass is 572 g/mol. The standard InChI is InChI=1S/C15H17N3O3.C12H11N3O3.CH4.Li.H2O/c1-10(2)21-14(20)4-5-18-9-16-15(17-18)12-6-11(3)7-13(19)8-12;1-8-4-9(6-10(16)5-8)12-13-7-15(14-12)3-2-11(17)18;;;/h4-10,19H,1-3H3;2-7,16H,1H3,(H,17,18);1H4;;1H2/q;;;+1;/p-1/b5-4-;3-2-;;;. The van der Waals surface area contributed by atoms with E-state index in [1.54, 1.807) is 38.1 Å². The molecule has 0 amide bonds. The Morgan fingerprint density at radius 2 is 1.24 bits per heavy atom. The van der Waals surface area contributed by atoms with Crippen molar-refractivity contribution in [3.8, 4) is 34.3 Å². The van der Waals surface area contributed by atoms with Crippen molar-refractivity contribution in [1.82, 2.24) is 29.5 Å². The van der Waals surface area contributed by atoms with Crippen molar-refractivity contribution in [2.75, 3.05) is 0 Å². The SMILES string of the molecule is C.Cc1cc(O)cc(-c2ncn(/C=C\C(=O)O)n2)c1.Cc1cc(O)cc(-c2ncn(/C=C\C(=O)OC(C)C)n2)c1.[Li+].[OH-]. The third-order valence-corrected chi connectivity index (χ3v) is 4.74. The summed E-state index contributed by atoms with van der Waals surface area (Å²) in [5.74, 6) is -0.296. The Labute approximate surface area is 255 Å². The third-order valence-electron chi connectivity index (χ3n) is 4.74. The Bertz CT molecular complexity index is 1490. The van der Waals surface area contributed by atoms with E-state index in [9.17, 15) is 19.8 Å². The van der Waals surface area contributed by atoms with E-state index in [0.717, 1.165) is 17.2 Å². The molecule has 0 saturated carbocycles. The normalized spacial score (nSPS) is 10.3. The first-order valence-corrected chi connectivity index (χ1v) is 11.7. The minimum Gasteiger partial charge on any atom is -0.870 e. The maximum atomic E-state index is 11.4. The van der Waals surface area contributed by atoms with Crippen LogP contribution in [0.5, 0.6) is 11.5 Å². The summed E-state index contributed by atoms with van der Waals surface area (Å²) < 4.78 is 7.68. The summed E-state index contributed by atoms with van der Waals surface area (Å²) in [5, 5.41) is 35.9. The number of carbonyl (C=O) groups excluding carboxylic acids is 1. The van der Waals surface area contributed by atoms with Crippen LogP contribution in [0.1, 0.15) is 32.4 Å². The molecule has 0 spiro atoms. The number of carbonyl (C=O) groups is 2. The van der Waals surface area contributed by atoms with Crippen LogP contribution < -0.4 is 18.9 Å². The average Bonchev–Trinajstić information content (AvgIpc) is 3.50. The van der Waals surface area contributed by atoms with Gasteiger partial charge in [0.15, 0.2) is 11.6 Å². The van der Waals surface area contributed by atoms with Gasteiger partial charge in [0.25, 0.3) is 0 Å². The maximum absolute atomic E-state index is 11.4. The molecule has 0 radical (unpaired) electrons. The van der Waals surface area contributed by atoms with E-state index in [2.05, 4.69) is 20.2 Å². The molecule has 4 N–H and O–H groups in total. The van der Waals surface area contributed by atoms with Gasteiger partial charge in [-0.25, -0.2) is 28.9 Å². The maximum Gasteiger partial charge on any atom is 1.00 e. The minimum absolute atomic E-state index is 0. The molecule has 0 bridgehead atoms. The predicted molar refractivity (Wildman–Crippen MR) is 152 cm³/mol. The van der Waals surface area contributed by atoms with Gasteiger partial charge < -0.3 is 25.5 Å². The zero-order valence-corrected chi connectivity index (χ0v) is 23.2. The summed E-state index contributed by atoms with van der Waals surface area (Å²) in [6.07, 6.45) is 7.72. The number of benzene rings is 2. The van der Waals surface area contributed by atoms with Crippen molar-refractivity contribution in [3.63, 3.8) is 0 Å². The second kappa shape index (κ2) is 17.2. The summed E-state index contributed by atoms with van der Waals surface area (Å²) in [7, 11) is 0. The number of carboxylic acids is 1. The number of aromatic nitrogens is 6. The smallest absolute Gasteiger partial charge is 0.870 e. The second-order valence-electron chi connectivity index (χ2n) is 8.67. The van der Waals surface area contributed by atoms with Crippen molar-refractivity contribution < 1.29 is 54.0 Å². The van der Waals surface area contributed by atoms with E-state index < -0.39 is 11.9 Å². The van der Waals surface area contributed by atoms with Crippen LogP contribution in [0.25, 0.3) is 35.2 Å². The van der Waals surface area contributed by atoms with Crippen LogP contribution in [-0.2, 0) is 14.3 Å². The fourth-order valence-corrected chi connectivity index (χ4v) is 3.29. The zero-order valence-electron chi connectivity index (χ0n) is 23.2. The molecule has 0 aliphatic rings. The molecular weight excluding hydrogens is 539 g/mol. The Morgan fingerprint density at radius 1 is 0.810 bits per heavy atom. The second-order valence-corrected chi connectivity index (χ2v) is 8.67. The summed E-state index contributed by atoms with van der Waals surface area (Å²) in [6, 6.07) is 10.1. The number of hydrogen-bond donors (Lipinski definition) is 3. The van der Waals surface area contributed by atoms with Crippen LogP contribution in [-0.4, -0.2) is 68.4 Å². The van der Waals surface area contributed by atoms with Crippen LogP contribution in [0.2, 0.25) is 0 Å². The molecule has 0 fully saturated rings. The molecule has 13 nitrogen and oxygen atoms in total. The van der Waals surface area contributed by atoms with E-state index in [-0.39, 0.29) is 49.4 Å². The molecule has 42 heavy (non-hydrogen) atoms. The number of aromatic hydroxyl groups is 2. The van der Waals surface area contributed by atoms with E-state index in [1.807, 2.05) is 26.0 Å². The molecule has 2 heterocycles. The number of esters is 1. The molecule has 0 atom stereocenters. The molecule has 2 aromatic carbocycles. The Kier molecular flexibility index (Phi) is 15.3. The molecule has 4 aromatic rings. The fourth-order valence-electron chi connectivity index (χ4n) is 3.29. The van der Waals surface area contributed by atoms with E-state index in [0.29, 0.717) is 22.8 Å². The van der Waals surface area contributed by atoms with Crippen molar-refractivity contribution in [2.45, 2.75) is 41.2 Å². The zero-order chi connectivity index (χ0) is 28.5. The van der Waals surface area contributed by atoms with Gasteiger partial charge >= 0.3 is 30.8 Å². The number of aliphatic carboxylic acids is 1. The molecule has 218 valence electrons. The topological polar surface area (TPSA) is 195 Å². The molecule has 2 aromatic heterocycles. The first-order valence-electron chi connectivity index (χ1n) is 11.7. The number of ether oxygens (including phenoxy) is 1. The molecule has 0 aliphatic heterocycles. The summed E-state index contributed by atoms with van der Waals surface area (Å²) >= 11 is 0. The number of phenolic OH excluding ortho intramolecular Hbond substituents is 2. The van der Waals surface area contributed by atoms with E-state index in [4.69, 9.17) is 9.84 Å². The van der Waals surface area contributed by atoms with Crippen molar-refractivity contribution in [2.24, 2.45) is 0 Å². The Morgan fingerprint density at radius 3 is 1.62 bits per heavy atom. The van der Waals surface area contributed by atoms with Gasteiger partial charge in [0, 0.05) is 35.7 Å². The van der Waals surface area contributed by atoms with Gasteiger partial charge in [-0.3, -0.25) is 0 Å². The number of rotatable bonds is 7. The molecular formula is C28H33LiN6O7. The summed E-state index contributed by atoms with van der Waals surface area (Å²) in [6.45, 7) is 7.29. The van der Waals surface area contributed by atoms with Gasteiger partial charge in [-0.2, -0.15) is 0 Å². The molecule has 0 unspecified atom stereocenters. The Balaban J connectivity index is 0.000000754. The van der Waals surface area contributed by atoms with Gasteiger partial charge in [0.2, 0.25) is 0 Å². The average molecular weight is 573 g/mol. The van der Waals surface area contributed by atoms with E-state index in [1.165, 1.54) is 40.5 Å². The summed E-state index contributed by atoms with van der Waals surface area (Å²) in [5.41, 5.74) is 3.19. The van der Waals surface area contributed by atoms with Crippen molar-refractivity contribution in [3.05, 3.63) is 72.3 Å². The molecule has 0 saturated heterocycles. The van der Waals surface area contributed by atoms with Crippen LogP contribution in [0.4, 0.5) is 0 Å². The largest absolute Gasteiger partial charge is 1.00 e. The quantitative estimate of drug-likeness (QED) is 0.164. The molecule has 14 heteroatoms. The van der Waals surface area contributed by atoms with Crippen LogP contribution in [0.3, 0.4) is 0 Å². The summed E-state index contributed by atoms with van der Waals surface area (Å²) in [4.78, 5) is 29.9.